The summed E-state index contributed by atoms with van der Waals surface area (Å²) in [4.78, 5) is 28.9. The number of hydrogen-bond acceptors (Lipinski definition) is 3. The lowest BCUT2D eigenvalue weighted by atomic mass is 9.97. The normalized spacial score (nSPS) is 12.5. The highest BCUT2D eigenvalue weighted by molar-refractivity contribution is 6.07. The average molecular weight is 574 g/mol. The van der Waals surface area contributed by atoms with Gasteiger partial charge in [-0.2, -0.15) is 0 Å². The van der Waals surface area contributed by atoms with Crippen molar-refractivity contribution in [3.05, 3.63) is 142 Å². The molecule has 0 unspecified atom stereocenters. The SMILES string of the molecule is Cc1c(C(=O)Nc2ccc(OCc3ccccc3)cc2)cc(-c2cc(F)ccc2C(=O)N2CCc3ccccc3C2)n1C. The summed E-state index contributed by atoms with van der Waals surface area (Å²) in [5, 5.41) is 2.94. The number of nitrogens with zero attached hydrogens (tertiary/aromatic N) is 2. The van der Waals surface area contributed by atoms with Crippen molar-refractivity contribution in [3.63, 3.8) is 0 Å². The maximum absolute atomic E-state index is 14.6. The smallest absolute Gasteiger partial charge is 0.257 e. The number of amides is 2. The summed E-state index contributed by atoms with van der Waals surface area (Å²) in [7, 11) is 1.82. The zero-order valence-electron chi connectivity index (χ0n) is 24.1. The average Bonchev–Trinajstić information content (AvgIpc) is 3.34. The van der Waals surface area contributed by atoms with Gasteiger partial charge in [0, 0.05) is 48.3 Å². The van der Waals surface area contributed by atoms with Crippen LogP contribution in [0.25, 0.3) is 11.3 Å². The van der Waals surface area contributed by atoms with Gasteiger partial charge in [-0.25, -0.2) is 4.39 Å². The third-order valence-corrected chi connectivity index (χ3v) is 8.05. The van der Waals surface area contributed by atoms with Crippen LogP contribution in [0, 0.1) is 12.7 Å². The van der Waals surface area contributed by atoms with Crippen LogP contribution in [0.2, 0.25) is 0 Å². The van der Waals surface area contributed by atoms with Crippen molar-refractivity contribution < 1.29 is 18.7 Å². The number of rotatable bonds is 7. The first-order valence-corrected chi connectivity index (χ1v) is 14.3. The van der Waals surface area contributed by atoms with Crippen LogP contribution in [-0.2, 0) is 26.6 Å². The van der Waals surface area contributed by atoms with E-state index in [1.807, 2.05) is 79.2 Å². The summed E-state index contributed by atoms with van der Waals surface area (Å²) >= 11 is 0. The highest BCUT2D eigenvalue weighted by atomic mass is 19.1. The number of hydrogen-bond donors (Lipinski definition) is 1. The van der Waals surface area contributed by atoms with E-state index >= 15 is 0 Å². The molecule has 0 aliphatic carbocycles. The lowest BCUT2D eigenvalue weighted by molar-refractivity contribution is 0.0735. The number of anilines is 1. The molecule has 0 fully saturated rings. The van der Waals surface area contributed by atoms with E-state index in [-0.39, 0.29) is 11.8 Å². The summed E-state index contributed by atoms with van der Waals surface area (Å²) in [6.07, 6.45) is 0.770. The Morgan fingerprint density at radius 2 is 1.58 bits per heavy atom. The lowest BCUT2D eigenvalue weighted by Gasteiger charge is -2.29. The molecule has 0 atom stereocenters. The minimum Gasteiger partial charge on any atom is -0.489 e. The number of fused-ring (bicyclic) bond motifs is 1. The van der Waals surface area contributed by atoms with Crippen molar-refractivity contribution in [2.24, 2.45) is 7.05 Å². The molecule has 0 spiro atoms. The Bertz CT molecular complexity index is 1800. The number of benzene rings is 4. The molecule has 43 heavy (non-hydrogen) atoms. The number of aromatic nitrogens is 1. The molecule has 6 rings (SSSR count). The molecule has 0 saturated carbocycles. The molecule has 216 valence electrons. The van der Waals surface area contributed by atoms with E-state index in [2.05, 4.69) is 11.4 Å². The van der Waals surface area contributed by atoms with Gasteiger partial charge in [-0.3, -0.25) is 9.59 Å². The van der Waals surface area contributed by atoms with E-state index in [1.54, 1.807) is 23.1 Å². The second-order valence-corrected chi connectivity index (χ2v) is 10.8. The fourth-order valence-corrected chi connectivity index (χ4v) is 5.52. The molecule has 0 bridgehead atoms. The second kappa shape index (κ2) is 12.0. The van der Waals surface area contributed by atoms with Crippen LogP contribution in [0.5, 0.6) is 5.75 Å². The van der Waals surface area contributed by atoms with Gasteiger partial charge in [0.15, 0.2) is 0 Å². The fraction of sp³-hybridized carbons (Fsp3) is 0.167. The summed E-state index contributed by atoms with van der Waals surface area (Å²) in [5.41, 5.74) is 6.64. The molecular formula is C36H32FN3O3. The lowest BCUT2D eigenvalue weighted by Crippen LogP contribution is -2.36. The van der Waals surface area contributed by atoms with Gasteiger partial charge in [0.2, 0.25) is 0 Å². The fourth-order valence-electron chi connectivity index (χ4n) is 5.52. The number of halogens is 1. The Morgan fingerprint density at radius 1 is 0.860 bits per heavy atom. The van der Waals surface area contributed by atoms with E-state index in [4.69, 9.17) is 4.74 Å². The molecule has 0 saturated heterocycles. The van der Waals surface area contributed by atoms with E-state index < -0.39 is 5.82 Å². The third-order valence-electron chi connectivity index (χ3n) is 8.05. The van der Waals surface area contributed by atoms with Crippen LogP contribution < -0.4 is 10.1 Å². The molecule has 1 aliphatic rings. The molecule has 5 aromatic rings. The molecule has 1 aromatic heterocycles. The molecule has 0 radical (unpaired) electrons. The number of nitrogens with one attached hydrogen (secondary N) is 1. The molecule has 6 nitrogen and oxygen atoms in total. The monoisotopic (exact) mass is 573 g/mol. The van der Waals surface area contributed by atoms with Gasteiger partial charge in [-0.1, -0.05) is 54.6 Å². The first-order chi connectivity index (χ1) is 20.9. The van der Waals surface area contributed by atoms with Crippen molar-refractivity contribution in [2.45, 2.75) is 26.5 Å². The molecule has 1 N–H and O–H groups in total. The highest BCUT2D eigenvalue weighted by Gasteiger charge is 2.26. The first-order valence-electron chi connectivity index (χ1n) is 14.3. The van der Waals surface area contributed by atoms with Crippen LogP contribution in [-0.4, -0.2) is 27.8 Å². The van der Waals surface area contributed by atoms with E-state index in [0.717, 1.165) is 17.5 Å². The van der Waals surface area contributed by atoms with Crippen LogP contribution >= 0.6 is 0 Å². The maximum atomic E-state index is 14.6. The van der Waals surface area contributed by atoms with Crippen LogP contribution in [0.4, 0.5) is 10.1 Å². The predicted molar refractivity (Wildman–Crippen MR) is 166 cm³/mol. The molecule has 7 heteroatoms. The van der Waals surface area contributed by atoms with Gasteiger partial charge in [-0.05, 0) is 78.6 Å². The van der Waals surface area contributed by atoms with Crippen molar-refractivity contribution in [1.29, 1.82) is 0 Å². The summed E-state index contributed by atoms with van der Waals surface area (Å²) < 4.78 is 22.3. The van der Waals surface area contributed by atoms with Crippen molar-refractivity contribution in [2.75, 3.05) is 11.9 Å². The zero-order chi connectivity index (χ0) is 29.9. The Balaban J connectivity index is 1.21. The Kier molecular flexibility index (Phi) is 7.79. The van der Waals surface area contributed by atoms with E-state index in [0.29, 0.717) is 59.2 Å². The number of carbonyl (C=O) groups is 2. The topological polar surface area (TPSA) is 63.6 Å². The van der Waals surface area contributed by atoms with Crippen molar-refractivity contribution in [3.8, 4) is 17.0 Å². The van der Waals surface area contributed by atoms with Gasteiger partial charge in [-0.15, -0.1) is 0 Å². The summed E-state index contributed by atoms with van der Waals surface area (Å²) in [5.74, 6) is -0.214. The van der Waals surface area contributed by atoms with Gasteiger partial charge in [0.05, 0.1) is 5.56 Å². The zero-order valence-corrected chi connectivity index (χ0v) is 24.1. The third kappa shape index (κ3) is 5.93. The molecule has 2 heterocycles. The van der Waals surface area contributed by atoms with Crippen molar-refractivity contribution >= 4 is 17.5 Å². The Labute approximate surface area is 250 Å². The summed E-state index contributed by atoms with van der Waals surface area (Å²) in [6.45, 7) is 3.37. The van der Waals surface area contributed by atoms with Crippen LogP contribution in [0.1, 0.15) is 43.1 Å². The van der Waals surface area contributed by atoms with E-state index in [1.165, 1.54) is 23.8 Å². The van der Waals surface area contributed by atoms with Crippen molar-refractivity contribution in [1.82, 2.24) is 9.47 Å². The second-order valence-electron chi connectivity index (χ2n) is 10.8. The largest absolute Gasteiger partial charge is 0.489 e. The summed E-state index contributed by atoms with van der Waals surface area (Å²) in [6, 6.07) is 31.2. The predicted octanol–water partition coefficient (Wildman–Crippen LogP) is 7.17. The maximum Gasteiger partial charge on any atom is 0.257 e. The minimum absolute atomic E-state index is 0.163. The Hall–Kier alpha value is -5.17. The Morgan fingerprint density at radius 3 is 2.35 bits per heavy atom. The molecular weight excluding hydrogens is 541 g/mol. The van der Waals surface area contributed by atoms with Crippen LogP contribution in [0.3, 0.4) is 0 Å². The molecule has 1 aliphatic heterocycles. The standard InChI is InChI=1S/C36H32FN3O3/c1-24-32(35(41)38-29-13-15-30(16-14-29)43-23-25-8-4-3-5-9-25)21-34(39(24)2)33-20-28(37)12-17-31(33)36(42)40-19-18-26-10-6-7-11-27(26)22-40/h3-17,20-21H,18-19,22-23H2,1-2H3,(H,38,41). The molecule has 4 aromatic carbocycles. The van der Waals surface area contributed by atoms with Crippen LogP contribution in [0.15, 0.2) is 103 Å². The van der Waals surface area contributed by atoms with Gasteiger partial charge >= 0.3 is 0 Å². The number of ether oxygens (including phenoxy) is 1. The van der Waals surface area contributed by atoms with Gasteiger partial charge < -0.3 is 19.5 Å². The van der Waals surface area contributed by atoms with E-state index in [9.17, 15) is 14.0 Å². The molecule has 2 amide bonds. The van der Waals surface area contributed by atoms with Gasteiger partial charge in [0.25, 0.3) is 11.8 Å². The highest BCUT2D eigenvalue weighted by Crippen LogP contribution is 2.31. The van der Waals surface area contributed by atoms with Gasteiger partial charge in [0.1, 0.15) is 18.2 Å². The quantitative estimate of drug-likeness (QED) is 0.225. The minimum atomic E-state index is -0.449. The first kappa shape index (κ1) is 28.0. The number of carbonyl (C=O) groups excluding carboxylic acids is 2.